The molecule has 0 aliphatic carbocycles. The summed E-state index contributed by atoms with van der Waals surface area (Å²) in [6.07, 6.45) is 1.83. The first-order valence-corrected chi connectivity index (χ1v) is 10.1. The molecule has 0 unspecified atom stereocenters. The number of rotatable bonds is 5. The van der Waals surface area contributed by atoms with E-state index < -0.39 is 11.6 Å². The minimum Gasteiger partial charge on any atom is -0.375 e. The van der Waals surface area contributed by atoms with Gasteiger partial charge in [0.2, 0.25) is 0 Å². The van der Waals surface area contributed by atoms with Gasteiger partial charge in [0.1, 0.15) is 17.5 Å². The van der Waals surface area contributed by atoms with E-state index in [4.69, 9.17) is 17.3 Å². The Bertz CT molecular complexity index is 936. The van der Waals surface area contributed by atoms with Gasteiger partial charge < -0.3 is 10.6 Å². The fourth-order valence-corrected chi connectivity index (χ4v) is 3.61. The lowest BCUT2D eigenvalue weighted by molar-refractivity contribution is 0.281. The SMILES string of the molecule is NC(=S)NN=Cc1cc(F)c(N2CCCN(Cc3c(F)cccc3Cl)CC2)cc1F. The third kappa shape index (κ3) is 5.62. The van der Waals surface area contributed by atoms with E-state index in [1.807, 2.05) is 0 Å². The van der Waals surface area contributed by atoms with E-state index in [0.717, 1.165) is 18.3 Å². The molecule has 10 heteroatoms. The van der Waals surface area contributed by atoms with Crippen molar-refractivity contribution in [3.8, 4) is 0 Å². The second-order valence-electron chi connectivity index (χ2n) is 6.88. The number of halogens is 4. The van der Waals surface area contributed by atoms with Crippen LogP contribution < -0.4 is 16.1 Å². The molecule has 0 amide bonds. The summed E-state index contributed by atoms with van der Waals surface area (Å²) in [4.78, 5) is 3.84. The molecule has 3 rings (SSSR count). The highest BCUT2D eigenvalue weighted by Crippen LogP contribution is 2.25. The summed E-state index contributed by atoms with van der Waals surface area (Å²) in [5, 5.41) is 3.96. The summed E-state index contributed by atoms with van der Waals surface area (Å²) in [6, 6.07) is 6.84. The van der Waals surface area contributed by atoms with E-state index in [1.165, 1.54) is 6.07 Å². The minimum absolute atomic E-state index is 0.0226. The van der Waals surface area contributed by atoms with Crippen molar-refractivity contribution in [1.29, 1.82) is 0 Å². The molecule has 2 aromatic carbocycles. The summed E-state index contributed by atoms with van der Waals surface area (Å²) in [6.45, 7) is 2.64. The van der Waals surface area contributed by atoms with Gasteiger partial charge in [0.05, 0.1) is 11.9 Å². The van der Waals surface area contributed by atoms with Gasteiger partial charge in [-0.05, 0) is 36.8 Å². The first-order chi connectivity index (χ1) is 14.3. The largest absolute Gasteiger partial charge is 0.375 e. The van der Waals surface area contributed by atoms with Gasteiger partial charge in [-0.1, -0.05) is 17.7 Å². The average molecular weight is 456 g/mol. The molecule has 3 N–H and O–H groups in total. The third-order valence-corrected chi connectivity index (χ3v) is 5.26. The zero-order valence-corrected chi connectivity index (χ0v) is 17.6. The molecule has 1 heterocycles. The molecule has 0 aromatic heterocycles. The lowest BCUT2D eigenvalue weighted by Crippen LogP contribution is -2.31. The Morgan fingerprint density at radius 2 is 1.93 bits per heavy atom. The Kier molecular flexibility index (Phi) is 7.52. The van der Waals surface area contributed by atoms with Crippen LogP contribution in [0, 0.1) is 17.5 Å². The topological polar surface area (TPSA) is 56.9 Å². The molecule has 30 heavy (non-hydrogen) atoms. The lowest BCUT2D eigenvalue weighted by Gasteiger charge is -2.24. The molecule has 1 aliphatic heterocycles. The van der Waals surface area contributed by atoms with Crippen molar-refractivity contribution in [2.45, 2.75) is 13.0 Å². The first-order valence-electron chi connectivity index (χ1n) is 9.33. The van der Waals surface area contributed by atoms with Gasteiger partial charge in [0, 0.05) is 54.9 Å². The van der Waals surface area contributed by atoms with Gasteiger partial charge in [-0.15, -0.1) is 0 Å². The van der Waals surface area contributed by atoms with Crippen LogP contribution >= 0.6 is 23.8 Å². The number of benzene rings is 2. The number of anilines is 1. The molecule has 0 spiro atoms. The Morgan fingerprint density at radius 3 is 2.67 bits per heavy atom. The Balaban J connectivity index is 1.70. The van der Waals surface area contributed by atoms with E-state index in [9.17, 15) is 13.2 Å². The molecule has 1 fully saturated rings. The Labute approximate surface area is 183 Å². The summed E-state index contributed by atoms with van der Waals surface area (Å²) >= 11 is 10.7. The van der Waals surface area contributed by atoms with Crippen LogP contribution in [0.2, 0.25) is 5.02 Å². The van der Waals surface area contributed by atoms with Crippen LogP contribution in [0.25, 0.3) is 0 Å². The molecule has 1 saturated heterocycles. The molecule has 2 aromatic rings. The van der Waals surface area contributed by atoms with Crippen LogP contribution in [-0.2, 0) is 6.54 Å². The summed E-state index contributed by atoms with van der Waals surface area (Å²) in [5.41, 5.74) is 8.13. The molecular formula is C20H21ClF3N5S. The number of nitrogens with two attached hydrogens (primary N) is 1. The van der Waals surface area contributed by atoms with E-state index in [0.29, 0.717) is 49.7 Å². The standard InChI is InChI=1S/C20H21ClF3N5S/c21-15-3-1-4-16(22)14(15)12-28-5-2-6-29(8-7-28)19-10-17(23)13(9-18(19)24)11-26-27-20(25)30/h1,3-4,9-11H,2,5-8,12H2,(H3,25,27,30). The van der Waals surface area contributed by atoms with Gasteiger partial charge in [-0.3, -0.25) is 10.3 Å². The number of hydrogen-bond donors (Lipinski definition) is 2. The van der Waals surface area contributed by atoms with Crippen LogP contribution in [0.3, 0.4) is 0 Å². The molecule has 0 bridgehead atoms. The fourth-order valence-electron chi connectivity index (χ4n) is 3.34. The maximum Gasteiger partial charge on any atom is 0.184 e. The normalized spacial score (nSPS) is 15.4. The summed E-state index contributed by atoms with van der Waals surface area (Å²) in [5.74, 6) is -1.52. The Morgan fingerprint density at radius 1 is 1.13 bits per heavy atom. The Hall–Kier alpha value is -2.36. The minimum atomic E-state index is -0.612. The smallest absolute Gasteiger partial charge is 0.184 e. The number of hydrogen-bond acceptors (Lipinski definition) is 4. The predicted molar refractivity (Wildman–Crippen MR) is 117 cm³/mol. The van der Waals surface area contributed by atoms with Crippen molar-refractivity contribution >= 4 is 40.8 Å². The van der Waals surface area contributed by atoms with Crippen molar-refractivity contribution in [2.24, 2.45) is 10.8 Å². The van der Waals surface area contributed by atoms with Gasteiger partial charge in [0.15, 0.2) is 5.11 Å². The van der Waals surface area contributed by atoms with Gasteiger partial charge in [-0.25, -0.2) is 13.2 Å². The summed E-state index contributed by atoms with van der Waals surface area (Å²) in [7, 11) is 0. The highest BCUT2D eigenvalue weighted by atomic mass is 35.5. The number of thiocarbonyl (C=S) groups is 1. The van der Waals surface area contributed by atoms with Crippen LogP contribution in [0.5, 0.6) is 0 Å². The van der Waals surface area contributed by atoms with Crippen LogP contribution in [-0.4, -0.2) is 42.4 Å². The maximum atomic E-state index is 14.7. The van der Waals surface area contributed by atoms with E-state index >= 15 is 0 Å². The zero-order chi connectivity index (χ0) is 21.7. The fraction of sp³-hybridized carbons (Fsp3) is 0.300. The molecule has 0 saturated carbocycles. The number of hydrazone groups is 1. The molecule has 0 radical (unpaired) electrons. The van der Waals surface area contributed by atoms with Crippen molar-refractivity contribution in [3.63, 3.8) is 0 Å². The van der Waals surface area contributed by atoms with Crippen molar-refractivity contribution in [1.82, 2.24) is 10.3 Å². The zero-order valence-electron chi connectivity index (χ0n) is 16.0. The first kappa shape index (κ1) is 22.3. The lowest BCUT2D eigenvalue weighted by atomic mass is 10.1. The maximum absolute atomic E-state index is 14.7. The highest BCUT2D eigenvalue weighted by molar-refractivity contribution is 7.80. The predicted octanol–water partition coefficient (Wildman–Crippen LogP) is 3.64. The number of nitrogens with one attached hydrogen (secondary N) is 1. The molecule has 5 nitrogen and oxygen atoms in total. The van der Waals surface area contributed by atoms with E-state index in [2.05, 4.69) is 27.6 Å². The molecule has 0 atom stereocenters. The van der Waals surface area contributed by atoms with Gasteiger partial charge in [-0.2, -0.15) is 5.10 Å². The monoisotopic (exact) mass is 455 g/mol. The molecular weight excluding hydrogens is 435 g/mol. The molecule has 1 aliphatic rings. The number of nitrogens with zero attached hydrogens (tertiary/aromatic N) is 3. The van der Waals surface area contributed by atoms with Crippen LogP contribution in [0.15, 0.2) is 35.4 Å². The average Bonchev–Trinajstić information content (AvgIpc) is 2.92. The highest BCUT2D eigenvalue weighted by Gasteiger charge is 2.21. The van der Waals surface area contributed by atoms with Crippen molar-refractivity contribution in [2.75, 3.05) is 31.1 Å². The molecule has 160 valence electrons. The second-order valence-corrected chi connectivity index (χ2v) is 7.72. The summed E-state index contributed by atoms with van der Waals surface area (Å²) < 4.78 is 43.2. The van der Waals surface area contributed by atoms with E-state index in [-0.39, 0.29) is 22.2 Å². The van der Waals surface area contributed by atoms with E-state index in [1.54, 1.807) is 17.0 Å². The van der Waals surface area contributed by atoms with Crippen molar-refractivity contribution in [3.05, 3.63) is 63.9 Å². The quantitative estimate of drug-likeness (QED) is 0.409. The van der Waals surface area contributed by atoms with Crippen LogP contribution in [0.1, 0.15) is 17.5 Å². The van der Waals surface area contributed by atoms with Gasteiger partial charge >= 0.3 is 0 Å². The van der Waals surface area contributed by atoms with Gasteiger partial charge in [0.25, 0.3) is 0 Å². The second kappa shape index (κ2) is 10.1. The third-order valence-electron chi connectivity index (χ3n) is 4.82. The van der Waals surface area contributed by atoms with Crippen LogP contribution in [0.4, 0.5) is 18.9 Å². The van der Waals surface area contributed by atoms with Crippen molar-refractivity contribution < 1.29 is 13.2 Å².